The molecule has 0 radical (unpaired) electrons. The Kier molecular flexibility index (Phi) is 4.78. The van der Waals surface area contributed by atoms with Crippen LogP contribution in [0.1, 0.15) is 86.0 Å². The van der Waals surface area contributed by atoms with E-state index in [0.29, 0.717) is 35.7 Å². The van der Waals surface area contributed by atoms with Gasteiger partial charge in [-0.3, -0.25) is 4.79 Å². The molecule has 3 aliphatic carbocycles. The van der Waals surface area contributed by atoms with Crippen LogP contribution in [0.2, 0.25) is 0 Å². The third kappa shape index (κ3) is 2.72. The number of nitrogens with one attached hydrogen (secondary N) is 2. The van der Waals surface area contributed by atoms with E-state index in [4.69, 9.17) is 4.74 Å². The van der Waals surface area contributed by atoms with Gasteiger partial charge >= 0.3 is 0 Å². The Labute approximate surface area is 194 Å². The summed E-state index contributed by atoms with van der Waals surface area (Å²) in [5.74, 6) is 4.44. The van der Waals surface area contributed by atoms with Gasteiger partial charge in [0, 0.05) is 24.4 Å². The third-order valence-electron chi connectivity index (χ3n) is 12.0. The standard InChI is InChI=1S/C28H44N2O2/c1-16-12-24-27(5,30-14-16)18(3)28(32-24)11-8-20-21-7-6-19-15-29-25(31)9-10-26(19,4)23(21)13-22(20)17(28)2/h16,18-21,23-24,30H,6-15H2,1-5H3,(H,29,31)/t16-,18+,19+,20-,21-,23-,24+,26-,27?,28-/m0/s1. The van der Waals surface area contributed by atoms with Crippen molar-refractivity contribution in [1.82, 2.24) is 10.6 Å². The maximum absolute atomic E-state index is 12.2. The molecule has 0 bridgehead atoms. The van der Waals surface area contributed by atoms with Crippen molar-refractivity contribution in [3.8, 4) is 0 Å². The molecular weight excluding hydrogens is 396 g/mol. The first kappa shape index (κ1) is 21.6. The van der Waals surface area contributed by atoms with Crippen molar-refractivity contribution < 1.29 is 9.53 Å². The van der Waals surface area contributed by atoms with Crippen LogP contribution in [0, 0.1) is 40.9 Å². The number of ether oxygens (including phenoxy) is 1. The van der Waals surface area contributed by atoms with Gasteiger partial charge in [-0.1, -0.05) is 26.3 Å². The number of fused-ring (bicyclic) bond motifs is 6. The average Bonchev–Trinajstić information content (AvgIpc) is 3.19. The highest BCUT2D eigenvalue weighted by Crippen LogP contribution is 2.65. The Hall–Kier alpha value is -0.870. The summed E-state index contributed by atoms with van der Waals surface area (Å²) < 4.78 is 7.14. The number of hydrogen-bond donors (Lipinski definition) is 2. The minimum atomic E-state index is -0.0723. The van der Waals surface area contributed by atoms with Crippen LogP contribution in [0.4, 0.5) is 0 Å². The summed E-state index contributed by atoms with van der Waals surface area (Å²) in [5.41, 5.74) is 3.69. The summed E-state index contributed by atoms with van der Waals surface area (Å²) >= 11 is 0. The number of carbonyl (C=O) groups excluding carboxylic acids is 1. The fourth-order valence-corrected chi connectivity index (χ4v) is 9.64. The molecule has 1 spiro atoms. The van der Waals surface area contributed by atoms with Crippen LogP contribution in [-0.4, -0.2) is 36.2 Å². The second-order valence-electron chi connectivity index (χ2n) is 13.1. The summed E-state index contributed by atoms with van der Waals surface area (Å²) in [7, 11) is 0. The Bertz CT molecular complexity index is 852. The van der Waals surface area contributed by atoms with Crippen molar-refractivity contribution in [2.24, 2.45) is 40.9 Å². The minimum absolute atomic E-state index is 0.0723. The smallest absolute Gasteiger partial charge is 0.220 e. The SMILES string of the molecule is CC1=C2C[C@H]3[C@@H](CC[C@@H]4CNC(=O)CC[C@@]43C)[C@@H]2CC[C@]12O[C@@H]1C[C@H](C)CNC1(C)[C@H]2C. The normalized spacial score (nSPS) is 55.0. The molecule has 178 valence electrons. The van der Waals surface area contributed by atoms with Gasteiger partial charge in [0.05, 0.1) is 11.7 Å². The van der Waals surface area contributed by atoms with Crippen molar-refractivity contribution >= 4 is 5.91 Å². The fraction of sp³-hybridized carbons (Fsp3) is 0.893. The predicted molar refractivity (Wildman–Crippen MR) is 127 cm³/mol. The number of carbonyl (C=O) groups is 1. The average molecular weight is 441 g/mol. The van der Waals surface area contributed by atoms with Crippen LogP contribution >= 0.6 is 0 Å². The first-order valence-electron chi connectivity index (χ1n) is 13.6. The van der Waals surface area contributed by atoms with E-state index in [1.54, 1.807) is 11.1 Å². The zero-order valence-corrected chi connectivity index (χ0v) is 20.9. The number of allylic oxidation sites excluding steroid dienone is 1. The van der Waals surface area contributed by atoms with Crippen molar-refractivity contribution in [2.75, 3.05) is 13.1 Å². The Morgan fingerprint density at radius 2 is 1.88 bits per heavy atom. The van der Waals surface area contributed by atoms with E-state index in [1.807, 2.05) is 0 Å². The lowest BCUT2D eigenvalue weighted by atomic mass is 9.55. The van der Waals surface area contributed by atoms with Crippen molar-refractivity contribution in [3.05, 3.63) is 11.1 Å². The molecule has 10 atom stereocenters. The largest absolute Gasteiger partial charge is 0.365 e. The van der Waals surface area contributed by atoms with E-state index in [0.717, 1.165) is 37.3 Å². The molecular formula is C28H44N2O2. The summed E-state index contributed by atoms with van der Waals surface area (Å²) in [6, 6.07) is 0. The van der Waals surface area contributed by atoms with Crippen LogP contribution < -0.4 is 10.6 Å². The van der Waals surface area contributed by atoms with Crippen molar-refractivity contribution in [2.45, 2.75) is 103 Å². The number of amides is 1. The van der Waals surface area contributed by atoms with Gasteiger partial charge in [-0.15, -0.1) is 0 Å². The van der Waals surface area contributed by atoms with E-state index in [2.05, 4.69) is 45.3 Å². The molecule has 2 N–H and O–H groups in total. The summed E-state index contributed by atoms with van der Waals surface area (Å²) in [4.78, 5) is 12.2. The molecule has 4 heteroatoms. The highest BCUT2D eigenvalue weighted by atomic mass is 16.5. The Morgan fingerprint density at radius 3 is 2.69 bits per heavy atom. The van der Waals surface area contributed by atoms with Crippen LogP contribution in [0.25, 0.3) is 0 Å². The lowest BCUT2D eigenvalue weighted by Gasteiger charge is -2.49. The lowest BCUT2D eigenvalue weighted by molar-refractivity contribution is -0.121. The van der Waals surface area contributed by atoms with Crippen LogP contribution in [0.3, 0.4) is 0 Å². The lowest BCUT2D eigenvalue weighted by Crippen LogP contribution is -2.59. The maximum Gasteiger partial charge on any atom is 0.220 e. The highest BCUT2D eigenvalue weighted by molar-refractivity contribution is 5.76. The zero-order valence-electron chi connectivity index (χ0n) is 20.9. The monoisotopic (exact) mass is 440 g/mol. The van der Waals surface area contributed by atoms with Gasteiger partial charge in [-0.05, 0) is 106 Å². The fourth-order valence-electron chi connectivity index (χ4n) is 9.64. The molecule has 3 aliphatic heterocycles. The molecule has 0 aromatic heterocycles. The second-order valence-corrected chi connectivity index (χ2v) is 13.1. The van der Waals surface area contributed by atoms with Gasteiger partial charge in [0.1, 0.15) is 0 Å². The number of hydrogen-bond acceptors (Lipinski definition) is 3. The molecule has 3 heterocycles. The maximum atomic E-state index is 12.2. The summed E-state index contributed by atoms with van der Waals surface area (Å²) in [5, 5.41) is 7.15. The summed E-state index contributed by atoms with van der Waals surface area (Å²) in [6.07, 6.45) is 9.70. The van der Waals surface area contributed by atoms with E-state index < -0.39 is 0 Å². The molecule has 6 rings (SSSR count). The first-order valence-corrected chi connectivity index (χ1v) is 13.6. The molecule has 2 saturated carbocycles. The van der Waals surface area contributed by atoms with E-state index in [-0.39, 0.29) is 17.0 Å². The topological polar surface area (TPSA) is 50.4 Å². The van der Waals surface area contributed by atoms with Gasteiger partial charge in [-0.25, -0.2) is 0 Å². The molecule has 6 aliphatic rings. The van der Waals surface area contributed by atoms with E-state index in [1.165, 1.54) is 38.5 Å². The molecule has 1 amide bonds. The molecule has 5 fully saturated rings. The number of piperidine rings is 1. The van der Waals surface area contributed by atoms with Gasteiger partial charge in [0.25, 0.3) is 0 Å². The Morgan fingerprint density at radius 1 is 1.06 bits per heavy atom. The van der Waals surface area contributed by atoms with Crippen LogP contribution in [-0.2, 0) is 9.53 Å². The minimum Gasteiger partial charge on any atom is -0.365 e. The Balaban J connectivity index is 1.35. The summed E-state index contributed by atoms with van der Waals surface area (Å²) in [6.45, 7) is 14.3. The van der Waals surface area contributed by atoms with Gasteiger partial charge in [0.15, 0.2) is 0 Å². The first-order chi connectivity index (χ1) is 15.2. The van der Waals surface area contributed by atoms with Gasteiger partial charge in [-0.2, -0.15) is 0 Å². The quantitative estimate of drug-likeness (QED) is 0.530. The number of rotatable bonds is 0. The second kappa shape index (κ2) is 7.07. The van der Waals surface area contributed by atoms with E-state index >= 15 is 0 Å². The van der Waals surface area contributed by atoms with Crippen molar-refractivity contribution in [1.29, 1.82) is 0 Å². The van der Waals surface area contributed by atoms with Gasteiger partial charge < -0.3 is 15.4 Å². The molecule has 32 heavy (non-hydrogen) atoms. The third-order valence-corrected chi connectivity index (χ3v) is 12.0. The van der Waals surface area contributed by atoms with Crippen LogP contribution in [0.5, 0.6) is 0 Å². The molecule has 0 aromatic rings. The molecule has 4 nitrogen and oxygen atoms in total. The van der Waals surface area contributed by atoms with E-state index in [9.17, 15) is 4.79 Å². The highest BCUT2D eigenvalue weighted by Gasteiger charge is 2.64. The molecule has 0 aromatic carbocycles. The van der Waals surface area contributed by atoms with Gasteiger partial charge in [0.2, 0.25) is 5.91 Å². The zero-order chi connectivity index (χ0) is 22.5. The molecule has 1 unspecified atom stereocenters. The predicted octanol–water partition coefficient (Wildman–Crippen LogP) is 4.84. The van der Waals surface area contributed by atoms with Crippen molar-refractivity contribution in [3.63, 3.8) is 0 Å². The van der Waals surface area contributed by atoms with Crippen LogP contribution in [0.15, 0.2) is 11.1 Å². The molecule has 3 saturated heterocycles.